The first-order valence-electron chi connectivity index (χ1n) is 21.0. The van der Waals surface area contributed by atoms with Gasteiger partial charge in [-0.05, 0) is 98.3 Å². The third kappa shape index (κ3) is 13.8. The lowest BCUT2D eigenvalue weighted by molar-refractivity contribution is -0.131. The standard InChI is InChI=1S/C15H18ClN3O.C13H24N2O3.C8H15NO2.C7H5ClN2/c1-2-5-11-8-14(20)18(9-11)10-19-13-7-4-3-6-12(13)17-15(19)16;1-4-7-11-8-12(16)15(9-11)10-18-13(17)14(5-2)6-3;1-2-3-7-4-8(11)9(5-7)6-10;8-7-9-5-3-1-2-4-6(5)10-7/h3-4,6-7,11H,2,5,8-10H2,1H3;11H,4-10H2,1-3H3;7,10H,2-6H2,1H3;1-4H,(H,9,10). The van der Waals surface area contributed by atoms with Gasteiger partial charge in [-0.25, -0.2) is 14.8 Å². The number of carbonyl (C=O) groups excluding carboxylic acids is 4. The Morgan fingerprint density at radius 2 is 1.25 bits per heavy atom. The molecule has 14 nitrogen and oxygen atoms in total. The summed E-state index contributed by atoms with van der Waals surface area (Å²) in [6, 6.07) is 15.5. The zero-order valence-corrected chi connectivity index (χ0v) is 36.8. The van der Waals surface area contributed by atoms with E-state index in [1.165, 1.54) is 4.90 Å². The number of benzene rings is 2. The first-order chi connectivity index (χ1) is 28.4. The second-order valence-electron chi connectivity index (χ2n) is 15.3. The smallest absolute Gasteiger partial charge is 0.411 e. The summed E-state index contributed by atoms with van der Waals surface area (Å²) in [6.07, 6.45) is 8.16. The van der Waals surface area contributed by atoms with E-state index in [0.29, 0.717) is 67.3 Å². The van der Waals surface area contributed by atoms with Crippen LogP contribution in [0, 0.1) is 17.8 Å². The van der Waals surface area contributed by atoms with Crippen LogP contribution >= 0.6 is 23.2 Å². The minimum Gasteiger partial charge on any atom is -0.428 e. The average molecular weight is 858 g/mol. The molecule has 0 bridgehead atoms. The molecule has 3 fully saturated rings. The number of para-hydroxylation sites is 4. The van der Waals surface area contributed by atoms with Gasteiger partial charge in [0.1, 0.15) is 13.4 Å². The fraction of sp³-hybridized carbons (Fsp3) is 0.581. The van der Waals surface area contributed by atoms with E-state index in [0.717, 1.165) is 80.2 Å². The van der Waals surface area contributed by atoms with Crippen molar-refractivity contribution in [3.63, 3.8) is 0 Å². The number of nitrogens with zero attached hydrogens (tertiary/aromatic N) is 7. The fourth-order valence-electron chi connectivity index (χ4n) is 7.74. The number of aliphatic hydroxyl groups is 1. The molecular weight excluding hydrogens is 795 g/mol. The van der Waals surface area contributed by atoms with Gasteiger partial charge in [-0.15, -0.1) is 0 Å². The van der Waals surface area contributed by atoms with Crippen LogP contribution in [0.1, 0.15) is 92.4 Å². The van der Waals surface area contributed by atoms with E-state index in [4.69, 9.17) is 33.0 Å². The van der Waals surface area contributed by atoms with Crippen molar-refractivity contribution in [2.45, 2.75) is 99.1 Å². The number of carbonyl (C=O) groups is 4. The minimum atomic E-state index is -0.341. The van der Waals surface area contributed by atoms with Crippen LogP contribution in [-0.2, 0) is 25.8 Å². The van der Waals surface area contributed by atoms with Crippen molar-refractivity contribution in [1.29, 1.82) is 0 Å². The second kappa shape index (κ2) is 24.0. The third-order valence-electron chi connectivity index (χ3n) is 10.8. The third-order valence-corrected chi connectivity index (χ3v) is 11.3. The number of imidazole rings is 2. The number of halogens is 2. The van der Waals surface area contributed by atoms with Crippen molar-refractivity contribution >= 4 is 69.1 Å². The predicted molar refractivity (Wildman–Crippen MR) is 231 cm³/mol. The predicted octanol–water partition coefficient (Wildman–Crippen LogP) is 8.17. The molecule has 7 rings (SSSR count). The number of aliphatic hydroxyl groups excluding tert-OH is 1. The summed E-state index contributed by atoms with van der Waals surface area (Å²) in [7, 11) is 0. The Morgan fingerprint density at radius 3 is 1.80 bits per heavy atom. The number of likely N-dealkylation sites (tertiary alicyclic amines) is 3. The molecule has 0 radical (unpaired) electrons. The highest BCUT2D eigenvalue weighted by atomic mass is 35.5. The Morgan fingerprint density at radius 1 is 0.746 bits per heavy atom. The highest BCUT2D eigenvalue weighted by molar-refractivity contribution is 6.29. The van der Waals surface area contributed by atoms with Gasteiger partial charge in [0.05, 0.1) is 22.1 Å². The Kier molecular flexibility index (Phi) is 19.2. The zero-order valence-electron chi connectivity index (χ0n) is 35.2. The minimum absolute atomic E-state index is 0.0916. The highest BCUT2D eigenvalue weighted by Crippen LogP contribution is 2.26. The SMILES string of the molecule is CCCC1CC(=O)N(CO)C1.CCCC1CC(=O)N(COC(=O)N(CC)CC)C1.CCCC1CC(=O)N(Cn2c(Cl)nc3ccccc32)C1.Clc1nc2ccccc2[nH]1. The zero-order chi connectivity index (χ0) is 42.9. The summed E-state index contributed by atoms with van der Waals surface area (Å²) in [6.45, 7) is 14.2. The van der Waals surface area contributed by atoms with Gasteiger partial charge in [0.25, 0.3) is 0 Å². The number of nitrogens with one attached hydrogen (secondary N) is 1. The summed E-state index contributed by atoms with van der Waals surface area (Å²) in [5.41, 5.74) is 3.73. The summed E-state index contributed by atoms with van der Waals surface area (Å²) in [5, 5.41) is 9.62. The second-order valence-corrected chi connectivity index (χ2v) is 16.0. The summed E-state index contributed by atoms with van der Waals surface area (Å²) in [5.74, 6) is 1.82. The van der Waals surface area contributed by atoms with Gasteiger partial charge in [0.2, 0.25) is 28.3 Å². The molecule has 2 N–H and O–H groups in total. The van der Waals surface area contributed by atoms with Crippen LogP contribution < -0.4 is 0 Å². The first-order valence-corrected chi connectivity index (χ1v) is 21.8. The van der Waals surface area contributed by atoms with E-state index in [9.17, 15) is 19.2 Å². The maximum Gasteiger partial charge on any atom is 0.411 e. The van der Waals surface area contributed by atoms with E-state index in [1.807, 2.05) is 71.8 Å². The molecule has 324 valence electrons. The van der Waals surface area contributed by atoms with Gasteiger partial charge < -0.3 is 34.4 Å². The largest absolute Gasteiger partial charge is 0.428 e. The maximum atomic E-state index is 12.1. The topological polar surface area (TPSA) is 157 Å². The Balaban J connectivity index is 0.000000181. The molecular formula is C43H62Cl2N8O6. The summed E-state index contributed by atoms with van der Waals surface area (Å²) in [4.78, 5) is 64.4. The van der Waals surface area contributed by atoms with Crippen LogP contribution in [0.5, 0.6) is 0 Å². The normalized spacial score (nSPS) is 18.7. The number of aromatic amines is 1. The van der Waals surface area contributed by atoms with Gasteiger partial charge in [0, 0.05) is 52.0 Å². The number of ether oxygens (including phenoxy) is 1. The molecule has 3 aliphatic heterocycles. The number of H-pyrrole nitrogens is 1. The van der Waals surface area contributed by atoms with E-state index in [-0.39, 0.29) is 37.3 Å². The van der Waals surface area contributed by atoms with E-state index < -0.39 is 0 Å². The highest BCUT2D eigenvalue weighted by Gasteiger charge is 2.31. The summed E-state index contributed by atoms with van der Waals surface area (Å²) < 4.78 is 7.06. The summed E-state index contributed by atoms with van der Waals surface area (Å²) >= 11 is 11.8. The molecule has 5 heterocycles. The number of amides is 4. The van der Waals surface area contributed by atoms with Crippen LogP contribution in [0.25, 0.3) is 22.1 Å². The molecule has 4 amide bonds. The average Bonchev–Trinajstić information content (AvgIpc) is 4.03. The van der Waals surface area contributed by atoms with Gasteiger partial charge in [-0.1, -0.05) is 64.3 Å². The molecule has 3 aliphatic rings. The number of fused-ring (bicyclic) bond motifs is 2. The number of aromatic nitrogens is 4. The number of hydrogen-bond donors (Lipinski definition) is 2. The monoisotopic (exact) mass is 856 g/mol. The molecule has 3 unspecified atom stereocenters. The Hall–Kier alpha value is -4.40. The van der Waals surface area contributed by atoms with Gasteiger partial charge >= 0.3 is 6.09 Å². The van der Waals surface area contributed by atoms with Gasteiger partial charge in [-0.2, -0.15) is 0 Å². The van der Waals surface area contributed by atoms with Crippen molar-refractivity contribution in [2.24, 2.45) is 17.8 Å². The van der Waals surface area contributed by atoms with E-state index >= 15 is 0 Å². The molecule has 2 aromatic heterocycles. The Bertz CT molecular complexity index is 1920. The van der Waals surface area contributed by atoms with Crippen molar-refractivity contribution in [1.82, 2.24) is 39.1 Å². The molecule has 59 heavy (non-hydrogen) atoms. The van der Waals surface area contributed by atoms with E-state index in [2.05, 4.69) is 35.7 Å². The molecule has 0 saturated carbocycles. The van der Waals surface area contributed by atoms with Crippen molar-refractivity contribution in [3.05, 3.63) is 59.1 Å². The first kappa shape index (κ1) is 47.3. The van der Waals surface area contributed by atoms with Crippen LogP contribution in [0.3, 0.4) is 0 Å². The van der Waals surface area contributed by atoms with Crippen LogP contribution in [-0.4, -0.2) is 114 Å². The van der Waals surface area contributed by atoms with Crippen LogP contribution in [0.4, 0.5) is 4.79 Å². The molecule has 0 spiro atoms. The van der Waals surface area contributed by atoms with Crippen LogP contribution in [0.2, 0.25) is 10.6 Å². The molecule has 0 aliphatic carbocycles. The lowest BCUT2D eigenvalue weighted by atomic mass is 10.0. The number of hydrogen-bond acceptors (Lipinski definition) is 8. The Labute approximate surface area is 358 Å². The molecule has 3 atom stereocenters. The van der Waals surface area contributed by atoms with Gasteiger partial charge in [0.15, 0.2) is 6.73 Å². The molecule has 16 heteroatoms. The van der Waals surface area contributed by atoms with Crippen molar-refractivity contribution < 1.29 is 29.0 Å². The van der Waals surface area contributed by atoms with E-state index in [1.54, 1.807) is 9.80 Å². The lowest BCUT2D eigenvalue weighted by Gasteiger charge is -2.21. The van der Waals surface area contributed by atoms with Crippen LogP contribution in [0.15, 0.2) is 48.5 Å². The molecule has 2 aromatic carbocycles. The number of rotatable bonds is 13. The quantitative estimate of drug-likeness (QED) is 0.136. The van der Waals surface area contributed by atoms with Crippen molar-refractivity contribution in [2.75, 3.05) is 46.2 Å². The maximum absolute atomic E-state index is 12.1. The van der Waals surface area contributed by atoms with Crippen molar-refractivity contribution in [3.8, 4) is 0 Å². The fourth-order valence-corrected chi connectivity index (χ4v) is 8.17. The molecule has 4 aromatic rings. The molecule has 3 saturated heterocycles. The van der Waals surface area contributed by atoms with Gasteiger partial charge in [-0.3, -0.25) is 19.0 Å². The lowest BCUT2D eigenvalue weighted by Crippen LogP contribution is -2.36.